The molecule has 0 nitrogen and oxygen atoms in total. The zero-order chi connectivity index (χ0) is 51.6. The summed E-state index contributed by atoms with van der Waals surface area (Å²) in [5, 5.41) is 0. The predicted octanol–water partition coefficient (Wildman–Crippen LogP) is 20.4. The molecule has 0 bridgehead atoms. The second-order valence-corrected chi connectivity index (χ2v) is 19.5. The van der Waals surface area contributed by atoms with E-state index in [1.807, 2.05) is 31.2 Å². The van der Waals surface area contributed by atoms with Gasteiger partial charge in [-0.05, 0) is 219 Å². The van der Waals surface area contributed by atoms with E-state index in [0.717, 1.165) is 24.0 Å². The maximum Gasteiger partial charge on any atom is -0.00134 e. The average molecular weight is 955 g/mol. The molecule has 0 saturated heterocycles. The predicted molar refractivity (Wildman–Crippen MR) is 322 cm³/mol. The highest BCUT2D eigenvalue weighted by Gasteiger charge is 2.20. The van der Waals surface area contributed by atoms with Crippen LogP contribution < -0.4 is 0 Å². The van der Waals surface area contributed by atoms with Crippen LogP contribution in [0.25, 0.3) is 77.9 Å². The molecule has 1 aliphatic rings. The molecule has 10 rings (SSSR count). The van der Waals surface area contributed by atoms with Crippen LogP contribution in [0.15, 0.2) is 256 Å². The van der Waals surface area contributed by atoms with Gasteiger partial charge >= 0.3 is 0 Å². The van der Waals surface area contributed by atoms with Gasteiger partial charge in [0.1, 0.15) is 0 Å². The number of rotatable bonds is 13. The Balaban J connectivity index is 0.000000212. The molecular weight excluding hydrogens is 889 g/mol. The topological polar surface area (TPSA) is 0 Å². The van der Waals surface area contributed by atoms with Gasteiger partial charge in [0.05, 0.1) is 0 Å². The molecule has 0 radical (unpaired) electrons. The fourth-order valence-corrected chi connectivity index (χ4v) is 10.3. The standard InChI is InChI=1S/C47H40.C27H26/c1-5-7-14-35(6-2)36-15-11-16-37(27-36)39-21-23-41(26-34-12-9-8-10-13-34)46(30-39)44-29-38(20-18-33(44)4)40-22-24-43-28-42-19-17-32(3)25-45(42)47(43)31-40;1-5-7-12-22(6-2)23-13-10-14-24(18-23)25-17-16-21(4)27(19-25)26-15-9-8-11-20(26)3/h5-25,27,29-31H,2,26,28H2,1,3-4H3;5-19H,1H2,2-4H3/b7-5-,35-14+;12-7-,22-6+. The summed E-state index contributed by atoms with van der Waals surface area (Å²) in [5.41, 5.74) is 30.7. The Labute approximate surface area is 441 Å². The van der Waals surface area contributed by atoms with Crippen LogP contribution in [-0.4, -0.2) is 0 Å². The highest BCUT2D eigenvalue weighted by molar-refractivity contribution is 5.86. The van der Waals surface area contributed by atoms with E-state index in [1.54, 1.807) is 0 Å². The lowest BCUT2D eigenvalue weighted by molar-refractivity contribution is 1.19. The third kappa shape index (κ3) is 11.4. The molecule has 0 heterocycles. The number of fused-ring (bicyclic) bond motifs is 3. The highest BCUT2D eigenvalue weighted by Crippen LogP contribution is 2.42. The Morgan fingerprint density at radius 2 is 0.959 bits per heavy atom. The summed E-state index contributed by atoms with van der Waals surface area (Å²) >= 11 is 0. The van der Waals surface area contributed by atoms with E-state index >= 15 is 0 Å². The normalized spacial score (nSPS) is 12.1. The van der Waals surface area contributed by atoms with Crippen LogP contribution in [-0.2, 0) is 12.8 Å². The van der Waals surface area contributed by atoms with Gasteiger partial charge in [-0.25, -0.2) is 0 Å². The monoisotopic (exact) mass is 955 g/mol. The zero-order valence-electron chi connectivity index (χ0n) is 43.9. The van der Waals surface area contributed by atoms with Crippen molar-refractivity contribution in [2.45, 2.75) is 54.4 Å². The van der Waals surface area contributed by atoms with Crippen molar-refractivity contribution in [3.05, 3.63) is 312 Å². The van der Waals surface area contributed by atoms with Crippen LogP contribution >= 0.6 is 0 Å². The lowest BCUT2D eigenvalue weighted by atomic mass is 9.87. The molecule has 1 aliphatic carbocycles. The maximum absolute atomic E-state index is 4.07. The van der Waals surface area contributed by atoms with Gasteiger partial charge in [-0.2, -0.15) is 0 Å². The molecule has 0 aliphatic heterocycles. The molecule has 0 unspecified atom stereocenters. The Morgan fingerprint density at radius 1 is 0.432 bits per heavy atom. The van der Waals surface area contributed by atoms with Gasteiger partial charge in [0.2, 0.25) is 0 Å². The van der Waals surface area contributed by atoms with Gasteiger partial charge in [0.25, 0.3) is 0 Å². The summed E-state index contributed by atoms with van der Waals surface area (Å²) in [6.45, 7) is 20.7. The largest absolute Gasteiger partial charge is 0.0991 e. The number of benzene rings is 9. The Kier molecular flexibility index (Phi) is 15.9. The number of hydrogen-bond donors (Lipinski definition) is 0. The highest BCUT2D eigenvalue weighted by atomic mass is 14.2. The van der Waals surface area contributed by atoms with Gasteiger partial charge in [-0.15, -0.1) is 0 Å². The first-order valence-corrected chi connectivity index (χ1v) is 25.9. The van der Waals surface area contributed by atoms with Crippen molar-refractivity contribution in [3.8, 4) is 66.8 Å². The third-order valence-electron chi connectivity index (χ3n) is 14.4. The van der Waals surface area contributed by atoms with Crippen molar-refractivity contribution in [2.75, 3.05) is 0 Å². The Morgan fingerprint density at radius 3 is 1.58 bits per heavy atom. The quantitative estimate of drug-likeness (QED) is 0.101. The van der Waals surface area contributed by atoms with Crippen LogP contribution in [0, 0.1) is 27.7 Å². The minimum atomic E-state index is 0.877. The molecule has 0 fully saturated rings. The third-order valence-corrected chi connectivity index (χ3v) is 14.4. The average Bonchev–Trinajstić information content (AvgIpc) is 3.80. The molecule has 74 heavy (non-hydrogen) atoms. The molecule has 0 heteroatoms. The summed E-state index contributed by atoms with van der Waals surface area (Å²) < 4.78 is 0. The lowest BCUT2D eigenvalue weighted by Crippen LogP contribution is -1.96. The van der Waals surface area contributed by atoms with Gasteiger partial charge < -0.3 is 0 Å². The molecule has 9 aromatic carbocycles. The van der Waals surface area contributed by atoms with Crippen molar-refractivity contribution in [1.29, 1.82) is 0 Å². The Hall–Kier alpha value is -8.58. The molecule has 0 N–H and O–H groups in total. The van der Waals surface area contributed by atoms with Crippen LogP contribution in [0.2, 0.25) is 0 Å². The molecule has 362 valence electrons. The van der Waals surface area contributed by atoms with Gasteiger partial charge in [0.15, 0.2) is 0 Å². The summed E-state index contributed by atoms with van der Waals surface area (Å²) in [5.74, 6) is 0. The molecule has 0 amide bonds. The van der Waals surface area contributed by atoms with E-state index in [1.165, 1.54) is 122 Å². The SMILES string of the molecule is C=C/C(=C\C=C/C)c1cccc(-c2ccc(Cc3ccccc3)c(-c3cc(-c4ccc5c(c4)-c4cc(C)ccc4C5)ccc3C)c2)c1.C=C/C=C\C(=C/C)c1cccc(-c2ccc(C)c(-c3ccccc3C)c2)c1. The van der Waals surface area contributed by atoms with Crippen LogP contribution in [0.3, 0.4) is 0 Å². The van der Waals surface area contributed by atoms with Gasteiger partial charge in [-0.3, -0.25) is 0 Å². The molecule has 0 spiro atoms. The first-order valence-electron chi connectivity index (χ1n) is 25.9. The fourth-order valence-electron chi connectivity index (χ4n) is 10.3. The minimum Gasteiger partial charge on any atom is -0.0991 e. The second kappa shape index (κ2) is 23.3. The van der Waals surface area contributed by atoms with E-state index in [9.17, 15) is 0 Å². The molecule has 0 atom stereocenters. The van der Waals surface area contributed by atoms with Crippen molar-refractivity contribution < 1.29 is 0 Å². The molecule has 0 saturated carbocycles. The summed E-state index contributed by atoms with van der Waals surface area (Å²) in [6, 6.07) is 71.5. The zero-order valence-corrected chi connectivity index (χ0v) is 43.9. The molecule has 9 aromatic rings. The van der Waals surface area contributed by atoms with Crippen LogP contribution in [0.4, 0.5) is 0 Å². The lowest BCUT2D eigenvalue weighted by Gasteiger charge is -2.17. The van der Waals surface area contributed by atoms with E-state index in [4.69, 9.17) is 0 Å². The Bertz CT molecular complexity index is 3640. The summed E-state index contributed by atoms with van der Waals surface area (Å²) in [6.07, 6.45) is 18.1. The van der Waals surface area contributed by atoms with Crippen molar-refractivity contribution in [2.24, 2.45) is 0 Å². The van der Waals surface area contributed by atoms with Crippen molar-refractivity contribution in [3.63, 3.8) is 0 Å². The van der Waals surface area contributed by atoms with Gasteiger partial charge in [-0.1, -0.05) is 225 Å². The van der Waals surface area contributed by atoms with E-state index in [0.29, 0.717) is 0 Å². The first-order chi connectivity index (χ1) is 36.1. The number of aryl methyl sites for hydroxylation is 4. The number of allylic oxidation sites excluding steroid dienone is 10. The van der Waals surface area contributed by atoms with E-state index in [2.05, 4.69) is 266 Å². The van der Waals surface area contributed by atoms with Gasteiger partial charge in [0, 0.05) is 0 Å². The van der Waals surface area contributed by atoms with Crippen LogP contribution in [0.1, 0.15) is 69.5 Å². The molecular formula is C74H66. The van der Waals surface area contributed by atoms with Crippen molar-refractivity contribution in [1.82, 2.24) is 0 Å². The smallest absolute Gasteiger partial charge is 0.00134 e. The maximum atomic E-state index is 4.07. The van der Waals surface area contributed by atoms with E-state index in [-0.39, 0.29) is 0 Å². The number of hydrogen-bond acceptors (Lipinski definition) is 0. The van der Waals surface area contributed by atoms with E-state index < -0.39 is 0 Å². The second-order valence-electron chi connectivity index (χ2n) is 19.5. The summed E-state index contributed by atoms with van der Waals surface area (Å²) in [7, 11) is 0. The molecule has 0 aromatic heterocycles. The van der Waals surface area contributed by atoms with Crippen molar-refractivity contribution >= 4 is 11.1 Å². The minimum absolute atomic E-state index is 0.877. The fraction of sp³-hybridized carbons (Fsp3) is 0.108. The van der Waals surface area contributed by atoms with Crippen LogP contribution in [0.5, 0.6) is 0 Å². The summed E-state index contributed by atoms with van der Waals surface area (Å²) in [4.78, 5) is 0. The first kappa shape index (κ1) is 50.4.